The highest BCUT2D eigenvalue weighted by atomic mass is 16.5. The van der Waals surface area contributed by atoms with Crippen molar-refractivity contribution in [3.05, 3.63) is 37.1 Å². The molecule has 0 amide bonds. The van der Waals surface area contributed by atoms with Crippen molar-refractivity contribution in [2.75, 3.05) is 6.61 Å². The minimum Gasteiger partial charge on any atom is -0.491 e. The topological polar surface area (TPSA) is 46.5 Å². The monoisotopic (exact) mass is 288 g/mol. The number of ketones is 1. The average Bonchev–Trinajstić information content (AvgIpc) is 2.71. The van der Waals surface area contributed by atoms with Crippen LogP contribution in [0.3, 0.4) is 0 Å². The summed E-state index contributed by atoms with van der Waals surface area (Å²) < 4.78 is 5.77. The molecule has 114 valence electrons. The van der Waals surface area contributed by atoms with Gasteiger partial charge in [0.25, 0.3) is 0 Å². The maximum atomic E-state index is 12.9. The third-order valence-corrected chi connectivity index (χ3v) is 5.68. The van der Waals surface area contributed by atoms with Gasteiger partial charge in [0.05, 0.1) is 5.41 Å². The van der Waals surface area contributed by atoms with E-state index >= 15 is 0 Å². The van der Waals surface area contributed by atoms with Crippen LogP contribution in [0.2, 0.25) is 0 Å². The molecule has 1 N–H and O–H groups in total. The molecule has 3 aliphatic rings. The second-order valence-electron chi connectivity index (χ2n) is 6.60. The van der Waals surface area contributed by atoms with Crippen molar-refractivity contribution in [2.24, 2.45) is 17.3 Å². The van der Waals surface area contributed by atoms with Crippen molar-refractivity contribution in [3.8, 4) is 0 Å². The summed E-state index contributed by atoms with van der Waals surface area (Å²) in [7, 11) is 0. The number of allylic oxidation sites excluding steroid dienone is 1. The SMILES string of the molecule is C=CCOC1=C[C@H]2C[C@@H]3CCCC[C@@]3(C2=O)[C@]1(O)CC=C. The molecule has 0 unspecified atom stereocenters. The van der Waals surface area contributed by atoms with E-state index in [-0.39, 0.29) is 17.6 Å². The molecule has 4 atom stereocenters. The Balaban J connectivity index is 2.09. The minimum absolute atomic E-state index is 0.0852. The second kappa shape index (κ2) is 5.13. The summed E-state index contributed by atoms with van der Waals surface area (Å²) >= 11 is 0. The molecule has 21 heavy (non-hydrogen) atoms. The van der Waals surface area contributed by atoms with Crippen LogP contribution in [0.5, 0.6) is 0 Å². The lowest BCUT2D eigenvalue weighted by molar-refractivity contribution is -0.160. The zero-order valence-electron chi connectivity index (χ0n) is 12.5. The molecule has 0 aromatic carbocycles. The van der Waals surface area contributed by atoms with E-state index in [2.05, 4.69) is 13.2 Å². The summed E-state index contributed by atoms with van der Waals surface area (Å²) in [6.45, 7) is 7.80. The van der Waals surface area contributed by atoms with E-state index in [0.717, 1.165) is 32.1 Å². The first-order valence-electron chi connectivity index (χ1n) is 7.93. The molecule has 0 aliphatic heterocycles. The van der Waals surface area contributed by atoms with E-state index in [4.69, 9.17) is 4.74 Å². The first-order valence-corrected chi connectivity index (χ1v) is 7.93. The molecular formula is C18H24O3. The number of Topliss-reactive ketones (excluding diaryl/α,β-unsaturated/α-hetero) is 1. The molecule has 3 aliphatic carbocycles. The van der Waals surface area contributed by atoms with Crippen molar-refractivity contribution in [1.82, 2.24) is 0 Å². The lowest BCUT2D eigenvalue weighted by Crippen LogP contribution is -2.59. The maximum absolute atomic E-state index is 12.9. The summed E-state index contributed by atoms with van der Waals surface area (Å²) in [5.74, 6) is 0.978. The fourth-order valence-corrected chi connectivity index (χ4v) is 4.87. The Kier molecular flexibility index (Phi) is 3.56. The Morgan fingerprint density at radius 2 is 2.19 bits per heavy atom. The van der Waals surface area contributed by atoms with Gasteiger partial charge in [-0.3, -0.25) is 4.79 Å². The van der Waals surface area contributed by atoms with Crippen molar-refractivity contribution in [3.63, 3.8) is 0 Å². The van der Waals surface area contributed by atoms with Crippen molar-refractivity contribution in [2.45, 2.75) is 44.1 Å². The van der Waals surface area contributed by atoms with Gasteiger partial charge in [-0.25, -0.2) is 0 Å². The smallest absolute Gasteiger partial charge is 0.149 e. The zero-order chi connectivity index (χ0) is 15.1. The van der Waals surface area contributed by atoms with Crippen LogP contribution in [-0.4, -0.2) is 23.1 Å². The molecular weight excluding hydrogens is 264 g/mol. The third kappa shape index (κ3) is 1.80. The Morgan fingerprint density at radius 3 is 2.90 bits per heavy atom. The Labute approximate surface area is 126 Å². The van der Waals surface area contributed by atoms with Gasteiger partial charge in [0.2, 0.25) is 0 Å². The Morgan fingerprint density at radius 1 is 1.38 bits per heavy atom. The van der Waals surface area contributed by atoms with Gasteiger partial charge in [-0.1, -0.05) is 31.6 Å². The number of rotatable bonds is 5. The first kappa shape index (κ1) is 14.6. The largest absolute Gasteiger partial charge is 0.491 e. The van der Waals surface area contributed by atoms with Gasteiger partial charge >= 0.3 is 0 Å². The number of carbonyl (C=O) groups excluding carboxylic acids is 1. The lowest BCUT2D eigenvalue weighted by atomic mass is 9.55. The Bertz CT molecular complexity index is 507. The normalized spacial score (nSPS) is 41.2. The third-order valence-electron chi connectivity index (χ3n) is 5.68. The molecule has 2 fully saturated rings. The molecule has 0 radical (unpaired) electrons. The maximum Gasteiger partial charge on any atom is 0.149 e. The molecule has 2 bridgehead atoms. The van der Waals surface area contributed by atoms with Crippen LogP contribution >= 0.6 is 0 Å². The number of fused-ring (bicyclic) bond motifs is 1. The molecule has 0 aromatic rings. The number of hydrogen-bond acceptors (Lipinski definition) is 3. The summed E-state index contributed by atoms with van der Waals surface area (Å²) in [6, 6.07) is 0. The molecule has 3 nitrogen and oxygen atoms in total. The molecule has 2 saturated carbocycles. The summed E-state index contributed by atoms with van der Waals surface area (Å²) in [5, 5.41) is 11.5. The highest BCUT2D eigenvalue weighted by Crippen LogP contribution is 2.63. The fourth-order valence-electron chi connectivity index (χ4n) is 4.87. The quantitative estimate of drug-likeness (QED) is 0.790. The van der Waals surface area contributed by atoms with Gasteiger partial charge in [0.1, 0.15) is 23.8 Å². The lowest BCUT2D eigenvalue weighted by Gasteiger charge is -2.51. The number of hydrogen-bond donors (Lipinski definition) is 1. The zero-order valence-corrected chi connectivity index (χ0v) is 12.5. The van der Waals surface area contributed by atoms with Gasteiger partial charge in [0, 0.05) is 12.3 Å². The van der Waals surface area contributed by atoms with Crippen LogP contribution in [0.4, 0.5) is 0 Å². The fraction of sp³-hybridized carbons (Fsp3) is 0.611. The van der Waals surface area contributed by atoms with E-state index in [9.17, 15) is 9.90 Å². The Hall–Kier alpha value is -1.35. The van der Waals surface area contributed by atoms with Crippen LogP contribution in [0.25, 0.3) is 0 Å². The standard InChI is InChI=1S/C18H24O3/c1-3-8-18(20)15(21-10-4-2)12-13-11-14-7-5-6-9-17(14,18)16(13)19/h3-4,12-14,20H,1-2,5-11H2/t13-,14+,17-,18+/m1/s1. The van der Waals surface area contributed by atoms with E-state index in [1.165, 1.54) is 0 Å². The molecule has 1 spiro atoms. The predicted octanol–water partition coefficient (Wildman–Crippen LogP) is 3.16. The van der Waals surface area contributed by atoms with Gasteiger partial charge < -0.3 is 9.84 Å². The van der Waals surface area contributed by atoms with Crippen LogP contribution in [0, 0.1) is 17.3 Å². The summed E-state index contributed by atoms with van der Waals surface area (Å²) in [5.41, 5.74) is -1.89. The van der Waals surface area contributed by atoms with Gasteiger partial charge in [-0.15, -0.1) is 6.58 Å². The van der Waals surface area contributed by atoms with Crippen LogP contribution in [-0.2, 0) is 9.53 Å². The van der Waals surface area contributed by atoms with E-state index in [1.54, 1.807) is 12.2 Å². The summed E-state index contributed by atoms with van der Waals surface area (Å²) in [4.78, 5) is 12.9. The van der Waals surface area contributed by atoms with Crippen molar-refractivity contribution < 1.29 is 14.6 Å². The van der Waals surface area contributed by atoms with Crippen molar-refractivity contribution >= 4 is 5.78 Å². The molecule has 3 rings (SSSR count). The molecule has 0 aromatic heterocycles. The minimum atomic E-state index is -1.23. The number of ether oxygens (including phenoxy) is 1. The van der Waals surface area contributed by atoms with Crippen LogP contribution in [0.1, 0.15) is 38.5 Å². The second-order valence-corrected chi connectivity index (χ2v) is 6.60. The van der Waals surface area contributed by atoms with Gasteiger partial charge in [0.15, 0.2) is 0 Å². The highest BCUT2D eigenvalue weighted by molar-refractivity contribution is 5.94. The predicted molar refractivity (Wildman–Crippen MR) is 81.5 cm³/mol. The van der Waals surface area contributed by atoms with Crippen LogP contribution in [0.15, 0.2) is 37.1 Å². The average molecular weight is 288 g/mol. The van der Waals surface area contributed by atoms with E-state index in [0.29, 0.717) is 18.8 Å². The molecule has 0 heterocycles. The summed E-state index contributed by atoms with van der Waals surface area (Å²) in [6.07, 6.45) is 10.4. The van der Waals surface area contributed by atoms with Gasteiger partial charge in [-0.2, -0.15) is 0 Å². The molecule has 3 heteroatoms. The highest BCUT2D eigenvalue weighted by Gasteiger charge is 2.68. The van der Waals surface area contributed by atoms with Crippen molar-refractivity contribution in [1.29, 1.82) is 0 Å². The number of carbonyl (C=O) groups is 1. The number of aliphatic hydroxyl groups is 1. The van der Waals surface area contributed by atoms with E-state index < -0.39 is 11.0 Å². The van der Waals surface area contributed by atoms with Gasteiger partial charge in [-0.05, 0) is 31.3 Å². The van der Waals surface area contributed by atoms with E-state index in [1.807, 2.05) is 6.08 Å². The van der Waals surface area contributed by atoms with Crippen LogP contribution < -0.4 is 0 Å². The first-order chi connectivity index (χ1) is 10.1. The molecule has 0 saturated heterocycles.